The number of nitrogens with zero attached hydrogens (tertiary/aromatic N) is 3. The fourth-order valence-corrected chi connectivity index (χ4v) is 3.60. The number of ether oxygens (including phenoxy) is 1. The van der Waals surface area contributed by atoms with E-state index in [1.807, 2.05) is 31.3 Å². The molecule has 3 aromatic rings. The van der Waals surface area contributed by atoms with Gasteiger partial charge in [0.15, 0.2) is 0 Å². The molecule has 0 saturated carbocycles. The Balaban J connectivity index is 1.29. The van der Waals surface area contributed by atoms with Crippen molar-refractivity contribution in [3.05, 3.63) is 47.5 Å². The second-order valence-electron chi connectivity index (χ2n) is 6.63. The van der Waals surface area contributed by atoms with Crippen LogP contribution in [0, 0.1) is 12.8 Å². The summed E-state index contributed by atoms with van der Waals surface area (Å²) in [6.45, 7) is 3.25. The molecule has 1 atom stereocenters. The number of imidazole rings is 1. The highest BCUT2D eigenvalue weighted by atomic mass is 16.5. The monoisotopic (exact) mass is 338 g/mol. The smallest absolute Gasteiger partial charge is 0.309 e. The first-order valence-corrected chi connectivity index (χ1v) is 8.82. The zero-order chi connectivity index (χ0) is 17.2. The molecule has 0 fully saturated rings. The van der Waals surface area contributed by atoms with Crippen LogP contribution in [0.5, 0.6) is 0 Å². The molecule has 0 radical (unpaired) electrons. The maximum absolute atomic E-state index is 12.3. The topological polar surface area (TPSA) is 72.8 Å². The van der Waals surface area contributed by atoms with Crippen molar-refractivity contribution in [2.24, 2.45) is 5.92 Å². The van der Waals surface area contributed by atoms with Gasteiger partial charge >= 0.3 is 5.97 Å². The predicted molar refractivity (Wildman–Crippen MR) is 94.1 cm³/mol. The average Bonchev–Trinajstić information content (AvgIpc) is 3.21. The molecule has 0 amide bonds. The molecule has 1 aliphatic carbocycles. The number of H-pyrrole nitrogens is 1. The quantitative estimate of drug-likeness (QED) is 0.573. The van der Waals surface area contributed by atoms with Gasteiger partial charge < -0.3 is 9.30 Å². The number of nitrogens with one attached hydrogen (secondary N) is 1. The molecule has 25 heavy (non-hydrogen) atoms. The molecule has 2 heterocycles. The maximum Gasteiger partial charge on any atom is 0.309 e. The van der Waals surface area contributed by atoms with Crippen molar-refractivity contribution in [3.63, 3.8) is 0 Å². The Kier molecular flexibility index (Phi) is 4.26. The Morgan fingerprint density at radius 3 is 3.20 bits per heavy atom. The third kappa shape index (κ3) is 3.16. The largest absolute Gasteiger partial charge is 0.465 e. The standard InChI is InChI=1S/C19H22N4O2/c1-13-21-16-5-2-3-6-18(16)23(13)9-4-10-25-19(24)14-7-8-15-12-20-22-17(15)11-14/h2-3,5-6,12,14H,4,7-11H2,1H3,(H,20,22). The van der Waals surface area contributed by atoms with Crippen LogP contribution in [0.1, 0.15) is 29.9 Å². The van der Waals surface area contributed by atoms with Crippen molar-refractivity contribution in [1.82, 2.24) is 19.7 Å². The van der Waals surface area contributed by atoms with Crippen LogP contribution in [0.15, 0.2) is 30.5 Å². The Hall–Kier alpha value is -2.63. The summed E-state index contributed by atoms with van der Waals surface area (Å²) in [5.74, 6) is 0.850. The van der Waals surface area contributed by atoms with Crippen LogP contribution >= 0.6 is 0 Å². The van der Waals surface area contributed by atoms with E-state index in [1.165, 1.54) is 5.56 Å². The highest BCUT2D eigenvalue weighted by Gasteiger charge is 2.26. The van der Waals surface area contributed by atoms with Gasteiger partial charge in [0.1, 0.15) is 5.82 Å². The molecule has 2 aromatic heterocycles. The lowest BCUT2D eigenvalue weighted by Gasteiger charge is -2.20. The van der Waals surface area contributed by atoms with Crippen molar-refractivity contribution in [2.75, 3.05) is 6.61 Å². The number of aromatic nitrogens is 4. The van der Waals surface area contributed by atoms with E-state index < -0.39 is 0 Å². The molecule has 6 heteroatoms. The van der Waals surface area contributed by atoms with Gasteiger partial charge in [0.2, 0.25) is 0 Å². The van der Waals surface area contributed by atoms with Gasteiger partial charge in [-0.05, 0) is 43.9 Å². The van der Waals surface area contributed by atoms with Crippen molar-refractivity contribution in [1.29, 1.82) is 0 Å². The van der Waals surface area contributed by atoms with Crippen molar-refractivity contribution >= 4 is 17.0 Å². The van der Waals surface area contributed by atoms with Gasteiger partial charge in [0.05, 0.1) is 29.8 Å². The number of hydrogen-bond acceptors (Lipinski definition) is 4. The van der Waals surface area contributed by atoms with Crippen molar-refractivity contribution < 1.29 is 9.53 Å². The summed E-state index contributed by atoms with van der Waals surface area (Å²) < 4.78 is 7.70. The van der Waals surface area contributed by atoms with Gasteiger partial charge in [-0.2, -0.15) is 5.10 Å². The van der Waals surface area contributed by atoms with Gasteiger partial charge in [-0.1, -0.05) is 12.1 Å². The van der Waals surface area contributed by atoms with Crippen LogP contribution < -0.4 is 0 Å². The van der Waals surface area contributed by atoms with Crippen molar-refractivity contribution in [3.8, 4) is 0 Å². The normalized spacial score (nSPS) is 16.8. The van der Waals surface area contributed by atoms with Crippen LogP contribution in [-0.2, 0) is 28.9 Å². The van der Waals surface area contributed by atoms with Gasteiger partial charge in [-0.25, -0.2) is 4.98 Å². The number of aryl methyl sites for hydroxylation is 3. The molecule has 1 N–H and O–H groups in total. The highest BCUT2D eigenvalue weighted by Crippen LogP contribution is 2.24. The molecule has 0 spiro atoms. The second kappa shape index (κ2) is 6.70. The lowest BCUT2D eigenvalue weighted by molar-refractivity contribution is -0.149. The van der Waals surface area contributed by atoms with E-state index >= 15 is 0 Å². The van der Waals surface area contributed by atoms with Gasteiger partial charge in [0.25, 0.3) is 0 Å². The van der Waals surface area contributed by atoms with E-state index in [1.54, 1.807) is 0 Å². The minimum atomic E-state index is -0.0903. The van der Waals surface area contributed by atoms with Crippen molar-refractivity contribution in [2.45, 2.75) is 39.2 Å². The van der Waals surface area contributed by atoms with E-state index in [4.69, 9.17) is 4.74 Å². The summed E-state index contributed by atoms with van der Waals surface area (Å²) in [4.78, 5) is 16.9. The third-order valence-electron chi connectivity index (χ3n) is 4.97. The Morgan fingerprint density at radius 1 is 1.40 bits per heavy atom. The Labute approximate surface area is 146 Å². The summed E-state index contributed by atoms with van der Waals surface area (Å²) in [5, 5.41) is 7.03. The first kappa shape index (κ1) is 15.9. The lowest BCUT2D eigenvalue weighted by atomic mass is 9.88. The number of para-hydroxylation sites is 2. The van der Waals surface area contributed by atoms with Crippen LogP contribution in [0.2, 0.25) is 0 Å². The molecular weight excluding hydrogens is 316 g/mol. The van der Waals surface area contributed by atoms with E-state index in [0.29, 0.717) is 13.0 Å². The average molecular weight is 338 g/mol. The molecule has 1 unspecified atom stereocenters. The van der Waals surface area contributed by atoms with Gasteiger partial charge in [0, 0.05) is 18.7 Å². The number of aromatic amines is 1. The van der Waals surface area contributed by atoms with Crippen LogP contribution in [0.4, 0.5) is 0 Å². The fraction of sp³-hybridized carbons (Fsp3) is 0.421. The van der Waals surface area contributed by atoms with E-state index in [2.05, 4.69) is 25.8 Å². The summed E-state index contributed by atoms with van der Waals surface area (Å²) in [6.07, 6.45) is 5.09. The molecular formula is C19H22N4O2. The molecule has 0 saturated heterocycles. The molecule has 1 aromatic carbocycles. The van der Waals surface area contributed by atoms with Gasteiger partial charge in [-0.15, -0.1) is 0 Å². The first-order chi connectivity index (χ1) is 12.2. The number of rotatable bonds is 5. The first-order valence-electron chi connectivity index (χ1n) is 8.82. The van der Waals surface area contributed by atoms with Crippen LogP contribution in [-0.4, -0.2) is 32.3 Å². The second-order valence-corrected chi connectivity index (χ2v) is 6.63. The minimum Gasteiger partial charge on any atom is -0.465 e. The zero-order valence-electron chi connectivity index (χ0n) is 14.4. The minimum absolute atomic E-state index is 0.0521. The van der Waals surface area contributed by atoms with E-state index in [0.717, 1.165) is 48.4 Å². The van der Waals surface area contributed by atoms with Crippen LogP contribution in [0.3, 0.4) is 0 Å². The van der Waals surface area contributed by atoms with Gasteiger partial charge in [-0.3, -0.25) is 9.89 Å². The lowest BCUT2D eigenvalue weighted by Crippen LogP contribution is -2.25. The number of esters is 1. The summed E-state index contributed by atoms with van der Waals surface area (Å²) in [7, 11) is 0. The summed E-state index contributed by atoms with van der Waals surface area (Å²) in [6, 6.07) is 8.11. The number of carbonyl (C=O) groups is 1. The molecule has 4 rings (SSSR count). The summed E-state index contributed by atoms with van der Waals surface area (Å²) in [5.41, 5.74) is 4.44. The number of carbonyl (C=O) groups excluding carboxylic acids is 1. The zero-order valence-corrected chi connectivity index (χ0v) is 14.4. The molecule has 6 nitrogen and oxygen atoms in total. The number of fused-ring (bicyclic) bond motifs is 2. The third-order valence-corrected chi connectivity index (χ3v) is 4.97. The molecule has 130 valence electrons. The Bertz CT molecular complexity index is 896. The maximum atomic E-state index is 12.3. The molecule has 0 aliphatic heterocycles. The van der Waals surface area contributed by atoms with Crippen LogP contribution in [0.25, 0.3) is 11.0 Å². The fourth-order valence-electron chi connectivity index (χ4n) is 3.60. The number of benzene rings is 1. The number of hydrogen-bond donors (Lipinski definition) is 1. The molecule has 1 aliphatic rings. The van der Waals surface area contributed by atoms with E-state index in [9.17, 15) is 4.79 Å². The SMILES string of the molecule is Cc1nc2ccccc2n1CCCOC(=O)C1CCc2cn[nH]c2C1. The predicted octanol–water partition coefficient (Wildman–Crippen LogP) is 2.81. The molecule has 0 bridgehead atoms. The van der Waals surface area contributed by atoms with E-state index in [-0.39, 0.29) is 11.9 Å². The Morgan fingerprint density at radius 2 is 2.28 bits per heavy atom. The highest BCUT2D eigenvalue weighted by molar-refractivity contribution is 5.75. The summed E-state index contributed by atoms with van der Waals surface area (Å²) >= 11 is 0.